The highest BCUT2D eigenvalue weighted by Crippen LogP contribution is 2.25. The monoisotopic (exact) mass is 531 g/mol. The van der Waals surface area contributed by atoms with E-state index < -0.39 is 0 Å². The number of hydrogen-bond donors (Lipinski definition) is 0. The van der Waals surface area contributed by atoms with Crippen LogP contribution in [0.1, 0.15) is 71.1 Å². The maximum atomic E-state index is 2.56. The van der Waals surface area contributed by atoms with Gasteiger partial charge in [0.2, 0.25) is 11.0 Å². The average Bonchev–Trinajstić information content (AvgIpc) is 2.78. The number of halogens is 1. The number of nitrogens with zero attached hydrogens (tertiary/aromatic N) is 3. The summed E-state index contributed by atoms with van der Waals surface area (Å²) in [4.78, 5) is 4.40. The summed E-state index contributed by atoms with van der Waals surface area (Å²) in [6.07, 6.45) is 13.7. The molecule has 0 amide bonds. The second-order valence-corrected chi connectivity index (χ2v) is 9.75. The van der Waals surface area contributed by atoms with Gasteiger partial charge in [0, 0.05) is 68.9 Å². The minimum atomic E-state index is 0. The van der Waals surface area contributed by atoms with Crippen LogP contribution in [-0.2, 0) is 6.54 Å². The molecule has 0 aliphatic rings. The maximum Gasteiger partial charge on any atom is 0.215 e. The van der Waals surface area contributed by atoms with Gasteiger partial charge in [0.25, 0.3) is 0 Å². The summed E-state index contributed by atoms with van der Waals surface area (Å²) in [7, 11) is 8.50. The van der Waals surface area contributed by atoms with Gasteiger partial charge >= 0.3 is 0 Å². The van der Waals surface area contributed by atoms with Crippen LogP contribution in [0, 0.1) is 0 Å². The second-order valence-electron chi connectivity index (χ2n) is 9.75. The standard InChI is InChI=1S/C29H44N3.BrH.H2O/c1-6-7-8-9-10-11-12-13-14-15-20-32-28-22-26(30(2)3)18-16-24(28)21-25-17-19-27(31(4)5)23-29(25)32;;/h16-19,21-23H,6-15,20H2,1-5H3;1H;1H2/q+1;;/p-1. The number of benzene rings is 2. The van der Waals surface area contributed by atoms with Gasteiger partial charge in [0.1, 0.15) is 6.54 Å². The number of hydrogen-bond acceptors (Lipinski definition) is 2. The summed E-state index contributed by atoms with van der Waals surface area (Å²) in [5.74, 6) is 0. The highest BCUT2D eigenvalue weighted by Gasteiger charge is 2.17. The first kappa shape index (κ1) is 30.2. The van der Waals surface area contributed by atoms with E-state index in [1.165, 1.54) is 97.4 Å². The summed E-state index contributed by atoms with van der Waals surface area (Å²) in [5.41, 5.74) is 5.21. The van der Waals surface area contributed by atoms with Gasteiger partial charge in [-0.15, -0.1) is 0 Å². The van der Waals surface area contributed by atoms with E-state index in [4.69, 9.17) is 0 Å². The van der Waals surface area contributed by atoms with E-state index >= 15 is 0 Å². The van der Waals surface area contributed by atoms with Gasteiger partial charge in [0.05, 0.1) is 0 Å². The van der Waals surface area contributed by atoms with E-state index in [1.54, 1.807) is 0 Å². The van der Waals surface area contributed by atoms with Gasteiger partial charge in [-0.1, -0.05) is 58.3 Å². The van der Waals surface area contributed by atoms with Crippen molar-refractivity contribution in [3.05, 3.63) is 42.5 Å². The third-order valence-electron chi connectivity index (χ3n) is 6.69. The van der Waals surface area contributed by atoms with Crippen LogP contribution in [0.5, 0.6) is 0 Å². The van der Waals surface area contributed by atoms with Gasteiger partial charge in [-0.25, -0.2) is 0 Å². The molecule has 0 spiro atoms. The Hall–Kier alpha value is -1.85. The number of aromatic nitrogens is 1. The van der Waals surface area contributed by atoms with Crippen LogP contribution in [0.4, 0.5) is 11.4 Å². The van der Waals surface area contributed by atoms with Crippen molar-refractivity contribution in [2.24, 2.45) is 0 Å². The highest BCUT2D eigenvalue weighted by molar-refractivity contribution is 5.91. The molecule has 1 heterocycles. The summed E-state index contributed by atoms with van der Waals surface area (Å²) in [6, 6.07) is 16.1. The SMILES string of the molecule is CCCCCCCCCCCC[n+]1c2cc(N(C)C)ccc2cc2ccc(N(C)C)cc21.O.[Br-]. The van der Waals surface area contributed by atoms with Crippen LogP contribution in [0.3, 0.4) is 0 Å². The smallest absolute Gasteiger partial charge is 0.215 e. The van der Waals surface area contributed by atoms with Crippen molar-refractivity contribution in [2.75, 3.05) is 38.0 Å². The van der Waals surface area contributed by atoms with E-state index in [1.807, 2.05) is 0 Å². The fraction of sp³-hybridized carbons (Fsp3) is 0.552. The molecule has 0 aliphatic carbocycles. The van der Waals surface area contributed by atoms with E-state index in [9.17, 15) is 0 Å². The lowest BCUT2D eigenvalue weighted by molar-refractivity contribution is -0.645. The van der Waals surface area contributed by atoms with Gasteiger partial charge in [-0.05, 0) is 36.8 Å². The Morgan fingerprint density at radius 2 is 1.00 bits per heavy atom. The molecule has 0 saturated heterocycles. The topological polar surface area (TPSA) is 41.9 Å². The van der Waals surface area contributed by atoms with Gasteiger partial charge in [0.15, 0.2) is 0 Å². The van der Waals surface area contributed by atoms with Crippen molar-refractivity contribution in [3.8, 4) is 0 Å². The quantitative estimate of drug-likeness (QED) is 0.192. The predicted octanol–water partition coefficient (Wildman–Crippen LogP) is 3.51. The Balaban J connectivity index is 0.00000289. The van der Waals surface area contributed by atoms with Crippen molar-refractivity contribution < 1.29 is 27.0 Å². The van der Waals surface area contributed by atoms with Crippen LogP contribution in [0.15, 0.2) is 42.5 Å². The van der Waals surface area contributed by atoms with Crippen LogP contribution in [-0.4, -0.2) is 33.7 Å². The molecule has 5 heteroatoms. The van der Waals surface area contributed by atoms with E-state index in [-0.39, 0.29) is 22.5 Å². The predicted molar refractivity (Wildman–Crippen MR) is 146 cm³/mol. The molecule has 2 aromatic carbocycles. The third-order valence-corrected chi connectivity index (χ3v) is 6.69. The molecule has 0 bridgehead atoms. The Bertz CT molecular complexity index is 937. The molecule has 0 aliphatic heterocycles. The number of anilines is 2. The average molecular weight is 533 g/mol. The molecule has 0 fully saturated rings. The van der Waals surface area contributed by atoms with Crippen molar-refractivity contribution in [3.63, 3.8) is 0 Å². The van der Waals surface area contributed by atoms with Crippen LogP contribution in [0.2, 0.25) is 0 Å². The molecule has 0 saturated carbocycles. The summed E-state index contributed by atoms with van der Waals surface area (Å²) < 4.78 is 2.56. The largest absolute Gasteiger partial charge is 1.00 e. The lowest BCUT2D eigenvalue weighted by atomic mass is 10.1. The Morgan fingerprint density at radius 3 is 1.41 bits per heavy atom. The zero-order chi connectivity index (χ0) is 22.9. The van der Waals surface area contributed by atoms with E-state index in [0.29, 0.717) is 0 Å². The number of unbranched alkanes of at least 4 members (excludes halogenated alkanes) is 9. The Morgan fingerprint density at radius 1 is 0.588 bits per heavy atom. The van der Waals surface area contributed by atoms with Crippen LogP contribution in [0.25, 0.3) is 21.8 Å². The normalized spacial score (nSPS) is 10.7. The van der Waals surface area contributed by atoms with Crippen molar-refractivity contribution in [1.82, 2.24) is 0 Å². The number of aryl methyl sites for hydroxylation is 1. The molecule has 4 nitrogen and oxygen atoms in total. The first-order valence-corrected chi connectivity index (χ1v) is 12.8. The Kier molecular flexibility index (Phi) is 13.5. The molecule has 3 aromatic rings. The number of rotatable bonds is 13. The molecule has 2 N–H and O–H groups in total. The first-order valence-electron chi connectivity index (χ1n) is 12.8. The minimum Gasteiger partial charge on any atom is -1.00 e. The molecule has 0 radical (unpaired) electrons. The van der Waals surface area contributed by atoms with Crippen LogP contribution >= 0.6 is 0 Å². The molecule has 190 valence electrons. The van der Waals surface area contributed by atoms with Gasteiger partial charge < -0.3 is 32.3 Å². The maximum absolute atomic E-state index is 2.56. The summed E-state index contributed by atoms with van der Waals surface area (Å²) in [5, 5.41) is 2.65. The van der Waals surface area contributed by atoms with Gasteiger partial charge in [-0.2, -0.15) is 4.57 Å². The number of pyridine rings is 1. The molecule has 0 atom stereocenters. The zero-order valence-electron chi connectivity index (χ0n) is 22.0. The second kappa shape index (κ2) is 15.2. The van der Waals surface area contributed by atoms with Crippen molar-refractivity contribution in [2.45, 2.75) is 77.7 Å². The van der Waals surface area contributed by atoms with E-state index in [2.05, 4.69) is 91.9 Å². The minimum absolute atomic E-state index is 0. The molecule has 0 unspecified atom stereocenters. The molecule has 34 heavy (non-hydrogen) atoms. The van der Waals surface area contributed by atoms with E-state index in [0.717, 1.165) is 6.54 Å². The lowest BCUT2D eigenvalue weighted by Crippen LogP contribution is -3.00. The first-order chi connectivity index (χ1) is 15.5. The van der Waals surface area contributed by atoms with Gasteiger partial charge in [-0.3, -0.25) is 0 Å². The fourth-order valence-electron chi connectivity index (χ4n) is 4.63. The Labute approximate surface area is 218 Å². The van der Waals surface area contributed by atoms with Crippen molar-refractivity contribution in [1.29, 1.82) is 0 Å². The van der Waals surface area contributed by atoms with Crippen LogP contribution < -0.4 is 31.3 Å². The molecular weight excluding hydrogens is 486 g/mol. The molecule has 1 aromatic heterocycles. The zero-order valence-corrected chi connectivity index (χ0v) is 23.6. The summed E-state index contributed by atoms with van der Waals surface area (Å²) in [6.45, 7) is 3.37. The highest BCUT2D eigenvalue weighted by atomic mass is 79.9. The van der Waals surface area contributed by atoms with Crippen molar-refractivity contribution >= 4 is 33.2 Å². The third kappa shape index (κ3) is 8.13. The number of fused-ring (bicyclic) bond motifs is 2. The molecule has 3 rings (SSSR count). The molecular formula is C29H46BrN3O. The lowest BCUT2D eigenvalue weighted by Gasteiger charge is -2.15. The fourth-order valence-corrected chi connectivity index (χ4v) is 4.63. The summed E-state index contributed by atoms with van der Waals surface area (Å²) >= 11 is 0.